The molecule has 2 N–H and O–H groups in total. The lowest BCUT2D eigenvalue weighted by atomic mass is 10.1. The molecular weight excluding hydrogens is 363 g/mol. The lowest BCUT2D eigenvalue weighted by molar-refractivity contribution is 0.0950. The van der Waals surface area contributed by atoms with E-state index in [0.29, 0.717) is 32.1 Å². The number of halogens is 2. The van der Waals surface area contributed by atoms with Gasteiger partial charge in [-0.05, 0) is 30.7 Å². The summed E-state index contributed by atoms with van der Waals surface area (Å²) < 4.78 is 0. The topological polar surface area (TPSA) is 87.2 Å². The number of hydrogen-bond acceptors (Lipinski definition) is 4. The van der Waals surface area contributed by atoms with E-state index in [0.717, 1.165) is 0 Å². The second-order valence-electron chi connectivity index (χ2n) is 5.21. The van der Waals surface area contributed by atoms with Crippen LogP contribution in [0, 0.1) is 0 Å². The summed E-state index contributed by atoms with van der Waals surface area (Å²) in [5, 5.41) is 11.9. The Kier molecular flexibility index (Phi) is 4.83. The maximum atomic E-state index is 12.4. The van der Waals surface area contributed by atoms with E-state index in [-0.39, 0.29) is 11.3 Å². The van der Waals surface area contributed by atoms with Gasteiger partial charge < -0.3 is 0 Å². The summed E-state index contributed by atoms with van der Waals surface area (Å²) in [4.78, 5) is 24.1. The van der Waals surface area contributed by atoms with Crippen LogP contribution in [0.4, 0.5) is 0 Å². The van der Waals surface area contributed by atoms with Crippen molar-refractivity contribution in [1.82, 2.24) is 15.6 Å². The van der Waals surface area contributed by atoms with Gasteiger partial charge in [-0.25, -0.2) is 10.5 Å². The number of H-pyrrole nitrogens is 1. The van der Waals surface area contributed by atoms with E-state index in [2.05, 4.69) is 20.7 Å². The van der Waals surface area contributed by atoms with E-state index in [4.69, 9.17) is 23.2 Å². The Morgan fingerprint density at radius 2 is 1.84 bits per heavy atom. The Bertz CT molecular complexity index is 1060. The fraction of sp³-hybridized carbons (Fsp3) is 0.0588. The molecule has 0 fully saturated rings. The first-order chi connectivity index (χ1) is 12.0. The molecule has 0 saturated carbocycles. The van der Waals surface area contributed by atoms with Crippen molar-refractivity contribution >= 4 is 45.6 Å². The lowest BCUT2D eigenvalue weighted by Crippen LogP contribution is -2.23. The summed E-state index contributed by atoms with van der Waals surface area (Å²) >= 11 is 11.9. The minimum Gasteiger partial charge on any atom is -0.267 e. The van der Waals surface area contributed by atoms with Gasteiger partial charge in [0.05, 0.1) is 21.1 Å². The summed E-state index contributed by atoms with van der Waals surface area (Å²) in [5.41, 5.74) is 3.42. The van der Waals surface area contributed by atoms with Gasteiger partial charge in [-0.15, -0.1) is 0 Å². The normalized spacial score (nSPS) is 11.6. The van der Waals surface area contributed by atoms with Crippen LogP contribution in [-0.2, 0) is 0 Å². The van der Waals surface area contributed by atoms with Gasteiger partial charge in [0.25, 0.3) is 11.5 Å². The first-order valence-corrected chi connectivity index (χ1v) is 8.00. The third-order valence-corrected chi connectivity index (χ3v) is 4.31. The SMILES string of the molecule is CC(=NNC(=O)c1n[nH]c(=O)c2ccccc12)c1ccc(Cl)c(Cl)c1. The Morgan fingerprint density at radius 1 is 1.12 bits per heavy atom. The standard InChI is InChI=1S/C17H12Cl2N4O2/c1-9(10-6-7-13(18)14(19)8-10)20-23-17(25)15-11-4-2-3-5-12(11)16(24)22-21-15/h2-8H,1H3,(H,22,24)(H,23,25). The fourth-order valence-corrected chi connectivity index (χ4v) is 2.56. The first kappa shape index (κ1) is 17.1. The molecule has 3 rings (SSSR count). The van der Waals surface area contributed by atoms with Crippen LogP contribution in [0.5, 0.6) is 0 Å². The first-order valence-electron chi connectivity index (χ1n) is 7.25. The van der Waals surface area contributed by atoms with E-state index in [9.17, 15) is 9.59 Å². The monoisotopic (exact) mass is 374 g/mol. The zero-order valence-electron chi connectivity index (χ0n) is 13.0. The average Bonchev–Trinajstić information content (AvgIpc) is 2.62. The molecular formula is C17H12Cl2N4O2. The Balaban J connectivity index is 1.89. The Hall–Kier alpha value is -2.70. The number of rotatable bonds is 3. The third-order valence-electron chi connectivity index (χ3n) is 3.57. The van der Waals surface area contributed by atoms with E-state index < -0.39 is 5.91 Å². The summed E-state index contributed by atoms with van der Waals surface area (Å²) in [5.74, 6) is -0.535. The summed E-state index contributed by atoms with van der Waals surface area (Å²) in [6.45, 7) is 1.72. The van der Waals surface area contributed by atoms with Crippen LogP contribution < -0.4 is 11.0 Å². The molecule has 1 aromatic heterocycles. The molecule has 0 radical (unpaired) electrons. The van der Waals surface area contributed by atoms with Crippen molar-refractivity contribution in [2.75, 3.05) is 0 Å². The number of amides is 1. The molecule has 126 valence electrons. The predicted octanol–water partition coefficient (Wildman–Crippen LogP) is 3.38. The highest BCUT2D eigenvalue weighted by molar-refractivity contribution is 6.42. The molecule has 6 nitrogen and oxygen atoms in total. The van der Waals surface area contributed by atoms with E-state index >= 15 is 0 Å². The maximum absolute atomic E-state index is 12.4. The van der Waals surface area contributed by atoms with E-state index in [1.165, 1.54) is 0 Å². The van der Waals surface area contributed by atoms with Crippen molar-refractivity contribution < 1.29 is 4.79 Å². The highest BCUT2D eigenvalue weighted by Gasteiger charge is 2.13. The largest absolute Gasteiger partial charge is 0.292 e. The van der Waals surface area contributed by atoms with Crippen molar-refractivity contribution in [1.29, 1.82) is 0 Å². The molecule has 0 aliphatic rings. The van der Waals surface area contributed by atoms with Crippen LogP contribution in [0.1, 0.15) is 23.0 Å². The molecule has 2 aromatic carbocycles. The summed E-state index contributed by atoms with van der Waals surface area (Å²) in [6.07, 6.45) is 0. The number of hydrazone groups is 1. The molecule has 3 aromatic rings. The average molecular weight is 375 g/mol. The second kappa shape index (κ2) is 7.04. The number of benzene rings is 2. The van der Waals surface area contributed by atoms with Crippen LogP contribution in [-0.4, -0.2) is 21.8 Å². The molecule has 0 saturated heterocycles. The zero-order valence-corrected chi connectivity index (χ0v) is 14.5. The van der Waals surface area contributed by atoms with Crippen LogP contribution in [0.15, 0.2) is 52.4 Å². The fourth-order valence-electron chi connectivity index (χ4n) is 2.26. The second-order valence-corrected chi connectivity index (χ2v) is 6.03. The summed E-state index contributed by atoms with van der Waals surface area (Å²) in [6, 6.07) is 11.8. The van der Waals surface area contributed by atoms with Crippen molar-refractivity contribution in [2.45, 2.75) is 6.92 Å². The predicted molar refractivity (Wildman–Crippen MR) is 98.5 cm³/mol. The number of nitrogens with one attached hydrogen (secondary N) is 2. The van der Waals surface area contributed by atoms with Gasteiger partial charge in [0.1, 0.15) is 0 Å². The smallest absolute Gasteiger partial charge is 0.267 e. The van der Waals surface area contributed by atoms with Crippen LogP contribution >= 0.6 is 23.2 Å². The minimum absolute atomic E-state index is 0.0842. The number of hydrogen-bond donors (Lipinski definition) is 2. The molecule has 0 spiro atoms. The number of fused-ring (bicyclic) bond motifs is 1. The highest BCUT2D eigenvalue weighted by atomic mass is 35.5. The van der Waals surface area contributed by atoms with Crippen LogP contribution in [0.2, 0.25) is 10.0 Å². The van der Waals surface area contributed by atoms with Gasteiger partial charge >= 0.3 is 0 Å². The van der Waals surface area contributed by atoms with E-state index in [1.807, 2.05) is 0 Å². The van der Waals surface area contributed by atoms with Gasteiger partial charge in [-0.3, -0.25) is 9.59 Å². The molecule has 1 amide bonds. The molecule has 0 atom stereocenters. The third kappa shape index (κ3) is 3.55. The van der Waals surface area contributed by atoms with Gasteiger partial charge in [0.2, 0.25) is 0 Å². The lowest BCUT2D eigenvalue weighted by Gasteiger charge is -2.05. The number of carbonyl (C=O) groups is 1. The molecule has 0 aliphatic carbocycles. The molecule has 0 bridgehead atoms. The highest BCUT2D eigenvalue weighted by Crippen LogP contribution is 2.22. The molecule has 0 aliphatic heterocycles. The number of carbonyl (C=O) groups excluding carboxylic acids is 1. The van der Waals surface area contributed by atoms with Crippen LogP contribution in [0.3, 0.4) is 0 Å². The Morgan fingerprint density at radius 3 is 2.56 bits per heavy atom. The van der Waals surface area contributed by atoms with Crippen molar-refractivity contribution in [3.8, 4) is 0 Å². The number of aromatic amines is 1. The number of aromatic nitrogens is 2. The maximum Gasteiger partial charge on any atom is 0.292 e. The van der Waals surface area contributed by atoms with Crippen molar-refractivity contribution in [3.05, 3.63) is 74.1 Å². The van der Waals surface area contributed by atoms with Gasteiger partial charge in [0, 0.05) is 5.39 Å². The van der Waals surface area contributed by atoms with Crippen molar-refractivity contribution in [2.24, 2.45) is 5.10 Å². The molecule has 8 heteroatoms. The quantitative estimate of drug-likeness (QED) is 0.544. The van der Waals surface area contributed by atoms with Crippen LogP contribution in [0.25, 0.3) is 10.8 Å². The van der Waals surface area contributed by atoms with Gasteiger partial charge in [0.15, 0.2) is 5.69 Å². The van der Waals surface area contributed by atoms with Gasteiger partial charge in [-0.2, -0.15) is 10.2 Å². The van der Waals surface area contributed by atoms with Gasteiger partial charge in [-0.1, -0.05) is 47.5 Å². The molecule has 25 heavy (non-hydrogen) atoms. The molecule has 1 heterocycles. The van der Waals surface area contributed by atoms with Crippen molar-refractivity contribution in [3.63, 3.8) is 0 Å². The Labute approximate surface area is 152 Å². The summed E-state index contributed by atoms with van der Waals surface area (Å²) in [7, 11) is 0. The minimum atomic E-state index is -0.535. The number of nitrogens with zero attached hydrogens (tertiary/aromatic N) is 2. The molecule has 0 unspecified atom stereocenters. The van der Waals surface area contributed by atoms with E-state index in [1.54, 1.807) is 49.4 Å². The zero-order chi connectivity index (χ0) is 18.0.